The molecule has 3 amide bonds. The summed E-state index contributed by atoms with van der Waals surface area (Å²) in [6.45, 7) is -4.52. The zero-order chi connectivity index (χ0) is 30.8. The molecule has 0 spiro atoms. The summed E-state index contributed by atoms with van der Waals surface area (Å²) in [5.74, 6) is -6.31. The number of amides is 3. The van der Waals surface area contributed by atoms with E-state index in [4.69, 9.17) is 17.8 Å². The van der Waals surface area contributed by atoms with Crippen LogP contribution in [-0.2, 0) is 20.8 Å². The van der Waals surface area contributed by atoms with E-state index in [9.17, 15) is 19.5 Å². The second-order valence-corrected chi connectivity index (χ2v) is 5.70. The van der Waals surface area contributed by atoms with Crippen LogP contribution in [0.4, 0.5) is 0 Å². The molecule has 0 saturated carbocycles. The van der Waals surface area contributed by atoms with E-state index in [1.807, 2.05) is 0 Å². The molecule has 0 aromatic heterocycles. The molecule has 1 aromatic rings. The molecule has 142 valence electrons. The predicted octanol–water partition coefficient (Wildman–Crippen LogP) is 0.380. The van der Waals surface area contributed by atoms with Gasteiger partial charge >= 0.3 is 0 Å². The summed E-state index contributed by atoms with van der Waals surface area (Å²) >= 11 is 0. The summed E-state index contributed by atoms with van der Waals surface area (Å²) < 4.78 is 105. The van der Waals surface area contributed by atoms with Crippen molar-refractivity contribution in [3.63, 3.8) is 0 Å². The van der Waals surface area contributed by atoms with Crippen LogP contribution in [0.3, 0.4) is 0 Å². The smallest absolute Gasteiger partial charge is 0.249 e. The second kappa shape index (κ2) is 8.31. The highest BCUT2D eigenvalue weighted by molar-refractivity contribution is 5.93. The van der Waals surface area contributed by atoms with E-state index in [-0.39, 0.29) is 4.90 Å². The number of carbonyl (C=O) groups is 3. The maximum Gasteiger partial charge on any atom is 0.249 e. The minimum absolute atomic E-state index is 0.185. The highest BCUT2D eigenvalue weighted by atomic mass is 16.3. The Labute approximate surface area is 172 Å². The molecule has 0 saturated heterocycles. The largest absolute Gasteiger partial charge is 0.383 e. The van der Waals surface area contributed by atoms with E-state index in [1.165, 1.54) is 19.2 Å². The zero-order valence-electron chi connectivity index (χ0n) is 27.3. The van der Waals surface area contributed by atoms with E-state index >= 15 is 0 Å². The van der Waals surface area contributed by atoms with Crippen molar-refractivity contribution < 1.29 is 37.3 Å². The number of hydrogen-bond donors (Lipinski definition) is 3. The molecule has 1 heterocycles. The molecule has 0 unspecified atom stereocenters. The average Bonchev–Trinajstić information content (AvgIpc) is 2.84. The number of hydrogen-bond acceptors (Lipinski definition) is 4. The fraction of sp³-hybridized carbons (Fsp3) is 0.526. The molecule has 2 rings (SSSR count). The van der Waals surface area contributed by atoms with Crippen LogP contribution >= 0.6 is 0 Å². The Bertz CT molecular complexity index is 1220. The standard InChI is InChI=1S/C19H27N3O4/c1-11(2)16(23)18(25)20-12(3)17(24)21-15-14-8-6-5-7-13(14)9-10-22(4)19(15)26/h5-8,11-12,15-16,23H,9-10H2,1-4H3,(H,20,25)(H,21,24)/t12-,15-,16-/m0/s1/i3D3,5D,6D,7D,8D,9D2,10D2,12D,16D. The Morgan fingerprint density at radius 1 is 1.42 bits per heavy atom. The lowest BCUT2D eigenvalue weighted by Crippen LogP contribution is -2.51. The van der Waals surface area contributed by atoms with Crippen LogP contribution in [0.2, 0.25) is 0 Å². The van der Waals surface area contributed by atoms with Crippen LogP contribution < -0.4 is 10.6 Å². The SMILES string of the molecule is [2H]c1c([2H])c([2H])c2c(c1[2H])[C@H](NC(=O)[C@@]([2H])(NC(=O)[C@@]([2H])(O)C(C)C)C([2H])([2H])[2H])C(=O)N(C)C([2H])([2H])C2([2H])[2H]. The number of rotatable bonds is 5. The molecule has 7 heteroatoms. The predicted molar refractivity (Wildman–Crippen MR) is 97.1 cm³/mol. The maximum atomic E-state index is 13.3. The molecule has 0 radical (unpaired) electrons. The summed E-state index contributed by atoms with van der Waals surface area (Å²) in [6.07, 6.45) is -6.29. The van der Waals surface area contributed by atoms with Gasteiger partial charge in [-0.2, -0.15) is 0 Å². The van der Waals surface area contributed by atoms with E-state index in [0.717, 1.165) is 7.05 Å². The number of nitrogens with zero attached hydrogens (tertiary/aromatic N) is 1. The molecular weight excluding hydrogens is 334 g/mol. The fourth-order valence-corrected chi connectivity index (χ4v) is 1.98. The quantitative estimate of drug-likeness (QED) is 0.694. The summed E-state index contributed by atoms with van der Waals surface area (Å²) in [7, 11) is 0.782. The molecule has 0 bridgehead atoms. The number of nitrogens with one attached hydrogen (secondary N) is 2. The van der Waals surface area contributed by atoms with Crippen LogP contribution in [-0.4, -0.2) is 53.4 Å². The van der Waals surface area contributed by atoms with Crippen LogP contribution in [0.25, 0.3) is 0 Å². The Morgan fingerprint density at radius 2 is 2.12 bits per heavy atom. The molecule has 3 atom stereocenters. The van der Waals surface area contributed by atoms with Crippen molar-refractivity contribution >= 4 is 17.7 Å². The van der Waals surface area contributed by atoms with Crippen molar-refractivity contribution in [3.05, 3.63) is 35.3 Å². The Balaban J connectivity index is 2.82. The second-order valence-electron chi connectivity index (χ2n) is 5.70. The fourth-order valence-electron chi connectivity index (χ4n) is 1.98. The third-order valence-electron chi connectivity index (χ3n) is 3.45. The summed E-state index contributed by atoms with van der Waals surface area (Å²) in [5.41, 5.74) is -1.95. The van der Waals surface area contributed by atoms with Crippen LogP contribution in [0.15, 0.2) is 24.2 Å². The number of aliphatic hydroxyl groups is 1. The van der Waals surface area contributed by atoms with Gasteiger partial charge in [0.2, 0.25) is 17.7 Å². The molecule has 7 nitrogen and oxygen atoms in total. The van der Waals surface area contributed by atoms with E-state index in [1.54, 1.807) is 5.32 Å². The van der Waals surface area contributed by atoms with Gasteiger partial charge in [-0.3, -0.25) is 14.4 Å². The van der Waals surface area contributed by atoms with Gasteiger partial charge in [-0.05, 0) is 30.3 Å². The highest BCUT2D eigenvalue weighted by Gasteiger charge is 2.32. The number of carbonyl (C=O) groups excluding carboxylic acids is 3. The lowest BCUT2D eigenvalue weighted by Gasteiger charge is -2.24. The van der Waals surface area contributed by atoms with Gasteiger partial charge in [0.15, 0.2) is 0 Å². The van der Waals surface area contributed by atoms with Crippen molar-refractivity contribution in [1.29, 1.82) is 0 Å². The minimum atomic E-state index is -3.71. The molecule has 0 fully saturated rings. The minimum Gasteiger partial charge on any atom is -0.383 e. The van der Waals surface area contributed by atoms with Gasteiger partial charge in [-0.25, -0.2) is 0 Å². The van der Waals surface area contributed by atoms with Gasteiger partial charge in [0.05, 0.1) is 8.22 Å². The number of fused-ring (bicyclic) bond motifs is 1. The Kier molecular flexibility index (Phi) is 2.72. The van der Waals surface area contributed by atoms with E-state index < -0.39 is 96.8 Å². The van der Waals surface area contributed by atoms with Crippen molar-refractivity contribution in [1.82, 2.24) is 15.5 Å². The molecular formula is C19H27N3O4. The Morgan fingerprint density at radius 3 is 2.77 bits per heavy atom. The van der Waals surface area contributed by atoms with Crippen LogP contribution in [0.1, 0.15) is 55.7 Å². The highest BCUT2D eigenvalue weighted by Crippen LogP contribution is 2.24. The van der Waals surface area contributed by atoms with E-state index in [2.05, 4.69) is 0 Å². The first-order valence-corrected chi connectivity index (χ1v) is 7.54. The van der Waals surface area contributed by atoms with Crippen molar-refractivity contribution in [2.45, 2.75) is 45.2 Å². The van der Waals surface area contributed by atoms with Crippen LogP contribution in [0.5, 0.6) is 0 Å². The third-order valence-corrected chi connectivity index (χ3v) is 3.45. The first-order chi connectivity index (χ1) is 17.3. The van der Waals surface area contributed by atoms with Crippen molar-refractivity contribution in [3.8, 4) is 0 Å². The number of benzene rings is 1. The van der Waals surface area contributed by atoms with Crippen molar-refractivity contribution in [2.24, 2.45) is 5.92 Å². The average molecular weight is 375 g/mol. The normalized spacial score (nSPS) is 33.4. The molecule has 3 N–H and O–H groups in total. The summed E-state index contributed by atoms with van der Waals surface area (Å²) in [5, 5.41) is 13.4. The van der Waals surface area contributed by atoms with Crippen LogP contribution in [0, 0.1) is 5.92 Å². The molecule has 1 aromatic carbocycles. The third kappa shape index (κ3) is 4.40. The first kappa shape index (κ1) is 8.52. The molecule has 1 aliphatic rings. The summed E-state index contributed by atoms with van der Waals surface area (Å²) in [6, 6.07) is -10.1. The molecule has 26 heavy (non-hydrogen) atoms. The van der Waals surface area contributed by atoms with Gasteiger partial charge in [-0.15, -0.1) is 0 Å². The van der Waals surface area contributed by atoms with E-state index in [0.29, 0.717) is 0 Å². The molecule has 0 aliphatic carbocycles. The first-order valence-electron chi connectivity index (χ1n) is 14.0. The van der Waals surface area contributed by atoms with Gasteiger partial charge < -0.3 is 20.6 Å². The monoisotopic (exact) mass is 374 g/mol. The van der Waals surface area contributed by atoms with Gasteiger partial charge in [0.25, 0.3) is 0 Å². The number of likely N-dealkylation sites (N-methyl/N-ethyl adjacent to an activating group) is 1. The van der Waals surface area contributed by atoms with Gasteiger partial charge in [0, 0.05) is 23.1 Å². The Hall–Kier alpha value is -2.41. The molecule has 1 aliphatic heterocycles. The lowest BCUT2D eigenvalue weighted by molar-refractivity contribution is -0.137. The van der Waals surface area contributed by atoms with Crippen molar-refractivity contribution in [2.75, 3.05) is 13.5 Å². The van der Waals surface area contributed by atoms with Gasteiger partial charge in [-0.1, -0.05) is 38.0 Å². The zero-order valence-corrected chi connectivity index (χ0v) is 14.3. The maximum absolute atomic E-state index is 13.3. The van der Waals surface area contributed by atoms with Gasteiger partial charge in [0.1, 0.15) is 18.1 Å². The lowest BCUT2D eigenvalue weighted by atomic mass is 9.99. The topological polar surface area (TPSA) is 98.7 Å². The summed E-state index contributed by atoms with van der Waals surface area (Å²) in [4.78, 5) is 39.3.